The quantitative estimate of drug-likeness (QED) is 0.549. The Labute approximate surface area is 91.6 Å². The molecule has 0 aliphatic heterocycles. The Bertz CT molecular complexity index is 372. The van der Waals surface area contributed by atoms with E-state index in [4.69, 9.17) is 0 Å². The molecule has 1 spiro atoms. The van der Waals surface area contributed by atoms with Crippen molar-refractivity contribution >= 4 is 5.78 Å². The fraction of sp³-hybridized carbons (Fsp3) is 0.500. The molecule has 2 aliphatic rings. The molecule has 2 aliphatic carbocycles. The molecule has 0 aromatic heterocycles. The van der Waals surface area contributed by atoms with E-state index in [1.54, 1.807) is 0 Å². The number of hydrogen-bond donors (Lipinski definition) is 0. The Balaban J connectivity index is 2.40. The summed E-state index contributed by atoms with van der Waals surface area (Å²) in [4.78, 5) is 11.4. The average molecular weight is 202 g/mol. The first-order chi connectivity index (χ1) is 7.04. The second kappa shape index (κ2) is 3.48. The van der Waals surface area contributed by atoms with Gasteiger partial charge in [-0.15, -0.1) is 0 Å². The number of rotatable bonds is 0. The van der Waals surface area contributed by atoms with Gasteiger partial charge in [0.2, 0.25) is 0 Å². The normalized spacial score (nSPS) is 24.7. The van der Waals surface area contributed by atoms with Gasteiger partial charge in [-0.1, -0.05) is 22.8 Å². The highest BCUT2D eigenvalue weighted by Gasteiger charge is 2.36. The third-order valence-corrected chi connectivity index (χ3v) is 3.97. The highest BCUT2D eigenvalue weighted by Crippen LogP contribution is 2.48. The summed E-state index contributed by atoms with van der Waals surface area (Å²) >= 11 is 0. The number of carbonyl (C=O) groups excluding carboxylic acids is 1. The van der Waals surface area contributed by atoms with Gasteiger partial charge in [-0.3, -0.25) is 4.79 Å². The van der Waals surface area contributed by atoms with Gasteiger partial charge in [0.1, 0.15) is 0 Å². The highest BCUT2D eigenvalue weighted by atomic mass is 16.1. The fourth-order valence-electron chi connectivity index (χ4n) is 2.74. The molecule has 0 atom stereocenters. The van der Waals surface area contributed by atoms with Crippen molar-refractivity contribution < 1.29 is 4.79 Å². The number of ketones is 1. The van der Waals surface area contributed by atoms with Gasteiger partial charge in [-0.2, -0.15) is 0 Å². The van der Waals surface area contributed by atoms with Crippen LogP contribution in [0.15, 0.2) is 34.9 Å². The van der Waals surface area contributed by atoms with Crippen LogP contribution < -0.4 is 0 Å². The van der Waals surface area contributed by atoms with Gasteiger partial charge < -0.3 is 0 Å². The lowest BCUT2D eigenvalue weighted by Gasteiger charge is -2.40. The molecule has 0 fully saturated rings. The summed E-state index contributed by atoms with van der Waals surface area (Å²) in [7, 11) is 0. The molecular weight excluding hydrogens is 184 g/mol. The number of allylic oxidation sites excluding steroid dienone is 6. The van der Waals surface area contributed by atoms with Crippen LogP contribution in [-0.4, -0.2) is 5.78 Å². The molecule has 0 unspecified atom stereocenters. The molecule has 0 bridgehead atoms. The zero-order chi connectivity index (χ0) is 11.1. The van der Waals surface area contributed by atoms with Gasteiger partial charge in [0.05, 0.1) is 0 Å². The maximum absolute atomic E-state index is 11.4. The fourth-order valence-corrected chi connectivity index (χ4v) is 2.74. The molecule has 0 aromatic carbocycles. The van der Waals surface area contributed by atoms with E-state index in [1.807, 2.05) is 12.2 Å². The van der Waals surface area contributed by atoms with Gasteiger partial charge in [0.25, 0.3) is 0 Å². The first-order valence-electron chi connectivity index (χ1n) is 5.62. The molecule has 2 rings (SSSR count). The van der Waals surface area contributed by atoms with Crippen molar-refractivity contribution in [2.24, 2.45) is 5.41 Å². The van der Waals surface area contributed by atoms with E-state index in [0.717, 1.165) is 19.3 Å². The lowest BCUT2D eigenvalue weighted by Crippen LogP contribution is -2.29. The Morgan fingerprint density at radius 1 is 1.13 bits per heavy atom. The van der Waals surface area contributed by atoms with Gasteiger partial charge >= 0.3 is 0 Å². The topological polar surface area (TPSA) is 17.1 Å². The minimum Gasteiger partial charge on any atom is -0.290 e. The van der Waals surface area contributed by atoms with E-state index in [1.165, 1.54) is 16.7 Å². The van der Waals surface area contributed by atoms with Crippen LogP contribution in [0.4, 0.5) is 0 Å². The van der Waals surface area contributed by atoms with Crippen LogP contribution in [0.1, 0.15) is 40.0 Å². The summed E-state index contributed by atoms with van der Waals surface area (Å²) in [6.45, 7) is 6.39. The summed E-state index contributed by atoms with van der Waals surface area (Å²) < 4.78 is 0. The van der Waals surface area contributed by atoms with Crippen LogP contribution in [0.2, 0.25) is 0 Å². The zero-order valence-electron chi connectivity index (χ0n) is 9.76. The molecule has 1 heteroatoms. The van der Waals surface area contributed by atoms with Crippen molar-refractivity contribution in [1.29, 1.82) is 0 Å². The Hall–Kier alpha value is -1.11. The second-order valence-corrected chi connectivity index (χ2v) is 4.89. The van der Waals surface area contributed by atoms with Crippen LogP contribution in [-0.2, 0) is 4.79 Å². The maximum atomic E-state index is 11.4. The summed E-state index contributed by atoms with van der Waals surface area (Å²) in [5.41, 5.74) is 4.14. The van der Waals surface area contributed by atoms with Gasteiger partial charge in [0, 0.05) is 5.41 Å². The van der Waals surface area contributed by atoms with Crippen molar-refractivity contribution in [3.63, 3.8) is 0 Å². The molecule has 15 heavy (non-hydrogen) atoms. The molecule has 0 saturated carbocycles. The van der Waals surface area contributed by atoms with Crippen molar-refractivity contribution in [1.82, 2.24) is 0 Å². The smallest absolute Gasteiger partial charge is 0.178 e. The first-order valence-corrected chi connectivity index (χ1v) is 5.62. The largest absolute Gasteiger partial charge is 0.290 e. The number of carbonyl (C=O) groups is 1. The van der Waals surface area contributed by atoms with Crippen LogP contribution in [0.25, 0.3) is 0 Å². The SMILES string of the molecule is CC1=CCC2(CC1)C(C)=CC(=O)C=C2C. The summed E-state index contributed by atoms with van der Waals surface area (Å²) in [5.74, 6) is 0.155. The predicted octanol–water partition coefficient (Wildman–Crippen LogP) is 3.58. The van der Waals surface area contributed by atoms with E-state index in [0.29, 0.717) is 0 Å². The molecule has 0 N–H and O–H groups in total. The average Bonchev–Trinajstić information content (AvgIpc) is 2.16. The molecule has 0 heterocycles. The van der Waals surface area contributed by atoms with E-state index < -0.39 is 0 Å². The van der Waals surface area contributed by atoms with Crippen LogP contribution in [0.3, 0.4) is 0 Å². The summed E-state index contributed by atoms with van der Waals surface area (Å²) in [5, 5.41) is 0. The Morgan fingerprint density at radius 2 is 1.73 bits per heavy atom. The summed E-state index contributed by atoms with van der Waals surface area (Å²) in [6.07, 6.45) is 9.32. The van der Waals surface area contributed by atoms with E-state index in [-0.39, 0.29) is 11.2 Å². The van der Waals surface area contributed by atoms with E-state index in [2.05, 4.69) is 26.8 Å². The van der Waals surface area contributed by atoms with Crippen LogP contribution in [0, 0.1) is 5.41 Å². The number of hydrogen-bond acceptors (Lipinski definition) is 1. The molecule has 1 nitrogen and oxygen atoms in total. The maximum Gasteiger partial charge on any atom is 0.178 e. The third-order valence-electron chi connectivity index (χ3n) is 3.97. The van der Waals surface area contributed by atoms with Crippen molar-refractivity contribution in [3.8, 4) is 0 Å². The molecule has 80 valence electrons. The predicted molar refractivity (Wildman–Crippen MR) is 62.6 cm³/mol. The highest BCUT2D eigenvalue weighted by molar-refractivity contribution is 6.01. The van der Waals surface area contributed by atoms with Gasteiger partial charge in [-0.05, 0) is 52.2 Å². The van der Waals surface area contributed by atoms with E-state index in [9.17, 15) is 4.79 Å². The van der Waals surface area contributed by atoms with E-state index >= 15 is 0 Å². The van der Waals surface area contributed by atoms with Gasteiger partial charge in [0.15, 0.2) is 5.78 Å². The second-order valence-electron chi connectivity index (χ2n) is 4.89. The standard InChI is InChI=1S/C14H18O/c1-10-4-6-14(7-5-10)11(2)8-13(15)9-12(14)3/h4,8-9H,5-7H2,1-3H3. The Morgan fingerprint density at radius 3 is 2.20 bits per heavy atom. The first kappa shape index (κ1) is 10.4. The summed E-state index contributed by atoms with van der Waals surface area (Å²) in [6, 6.07) is 0. The monoisotopic (exact) mass is 202 g/mol. The molecule has 0 amide bonds. The van der Waals surface area contributed by atoms with Gasteiger partial charge in [-0.25, -0.2) is 0 Å². The zero-order valence-corrected chi connectivity index (χ0v) is 9.76. The molecular formula is C14H18O. The minimum atomic E-state index is 0.155. The Kier molecular flexibility index (Phi) is 2.41. The van der Waals surface area contributed by atoms with Crippen LogP contribution >= 0.6 is 0 Å². The lowest BCUT2D eigenvalue weighted by atomic mass is 9.64. The van der Waals surface area contributed by atoms with Crippen molar-refractivity contribution in [2.45, 2.75) is 40.0 Å². The molecule has 0 radical (unpaired) electrons. The minimum absolute atomic E-state index is 0.155. The van der Waals surface area contributed by atoms with Crippen LogP contribution in [0.5, 0.6) is 0 Å². The molecule has 0 aromatic rings. The van der Waals surface area contributed by atoms with Crippen molar-refractivity contribution in [3.05, 3.63) is 34.9 Å². The lowest BCUT2D eigenvalue weighted by molar-refractivity contribution is -0.110. The third kappa shape index (κ3) is 1.60. The van der Waals surface area contributed by atoms with Crippen molar-refractivity contribution in [2.75, 3.05) is 0 Å². The molecule has 0 saturated heterocycles.